The van der Waals surface area contributed by atoms with Gasteiger partial charge in [-0.05, 0) is 43.5 Å². The van der Waals surface area contributed by atoms with E-state index >= 15 is 0 Å². The number of methoxy groups -OCH3 is 1. The van der Waals surface area contributed by atoms with Crippen molar-refractivity contribution in [3.8, 4) is 5.75 Å². The minimum absolute atomic E-state index is 0.0423. The fraction of sp³-hybridized carbons (Fsp3) is 0.588. The standard InChI is InChI=1S/C17H26N2O3/c1-22-16-7-5-14(6-8-16)12-18-17(21)13-19-10-3-2-4-15(19)9-11-20/h5-8,15,20H,2-4,9-13H2,1H3,(H,18,21). The van der Waals surface area contributed by atoms with Gasteiger partial charge in [0.2, 0.25) is 5.91 Å². The smallest absolute Gasteiger partial charge is 0.234 e. The van der Waals surface area contributed by atoms with Crippen molar-refractivity contribution in [2.24, 2.45) is 0 Å². The van der Waals surface area contributed by atoms with Gasteiger partial charge in [0.05, 0.1) is 13.7 Å². The molecule has 1 aromatic carbocycles. The highest BCUT2D eigenvalue weighted by Gasteiger charge is 2.23. The zero-order valence-corrected chi connectivity index (χ0v) is 13.3. The van der Waals surface area contributed by atoms with Crippen molar-refractivity contribution in [3.05, 3.63) is 29.8 Å². The van der Waals surface area contributed by atoms with Crippen LogP contribution in [0, 0.1) is 0 Å². The van der Waals surface area contributed by atoms with Gasteiger partial charge in [0, 0.05) is 19.2 Å². The first-order valence-electron chi connectivity index (χ1n) is 7.97. The summed E-state index contributed by atoms with van der Waals surface area (Å²) < 4.78 is 5.12. The lowest BCUT2D eigenvalue weighted by Gasteiger charge is -2.34. The number of rotatable bonds is 7. The van der Waals surface area contributed by atoms with Gasteiger partial charge in [0.1, 0.15) is 5.75 Å². The molecule has 0 aromatic heterocycles. The van der Waals surface area contributed by atoms with E-state index in [4.69, 9.17) is 9.84 Å². The molecular weight excluding hydrogens is 280 g/mol. The fourth-order valence-corrected chi connectivity index (χ4v) is 2.93. The van der Waals surface area contributed by atoms with E-state index in [1.54, 1.807) is 7.11 Å². The van der Waals surface area contributed by atoms with Gasteiger partial charge in [-0.3, -0.25) is 9.69 Å². The molecule has 0 spiro atoms. The molecule has 1 aliphatic rings. The molecule has 2 rings (SSSR count). The number of piperidine rings is 1. The Labute approximate surface area is 132 Å². The lowest BCUT2D eigenvalue weighted by molar-refractivity contribution is -0.123. The Morgan fingerprint density at radius 1 is 1.36 bits per heavy atom. The van der Waals surface area contributed by atoms with Crippen molar-refractivity contribution in [2.75, 3.05) is 26.8 Å². The molecule has 0 saturated carbocycles. The summed E-state index contributed by atoms with van der Waals surface area (Å²) in [6.07, 6.45) is 4.15. The highest BCUT2D eigenvalue weighted by molar-refractivity contribution is 5.78. The second-order valence-corrected chi connectivity index (χ2v) is 5.76. The zero-order chi connectivity index (χ0) is 15.8. The molecule has 0 aliphatic carbocycles. The molecule has 0 radical (unpaired) electrons. The van der Waals surface area contributed by atoms with Crippen LogP contribution in [0.3, 0.4) is 0 Å². The van der Waals surface area contributed by atoms with Crippen LogP contribution in [0.1, 0.15) is 31.2 Å². The van der Waals surface area contributed by atoms with Crippen molar-refractivity contribution < 1.29 is 14.6 Å². The quantitative estimate of drug-likeness (QED) is 0.802. The first-order valence-corrected chi connectivity index (χ1v) is 7.97. The molecule has 1 fully saturated rings. The maximum atomic E-state index is 12.1. The van der Waals surface area contributed by atoms with Crippen LogP contribution in [-0.4, -0.2) is 48.8 Å². The number of ether oxygens (including phenoxy) is 1. The molecule has 1 amide bonds. The summed E-state index contributed by atoms with van der Waals surface area (Å²) in [5.74, 6) is 0.857. The molecule has 1 aromatic rings. The molecule has 1 aliphatic heterocycles. The lowest BCUT2D eigenvalue weighted by atomic mass is 10.00. The maximum absolute atomic E-state index is 12.1. The Balaban J connectivity index is 1.78. The highest BCUT2D eigenvalue weighted by Crippen LogP contribution is 2.19. The predicted molar refractivity (Wildman–Crippen MR) is 85.8 cm³/mol. The number of aliphatic hydroxyl groups is 1. The van der Waals surface area contributed by atoms with E-state index < -0.39 is 0 Å². The van der Waals surface area contributed by atoms with Crippen LogP contribution in [-0.2, 0) is 11.3 Å². The van der Waals surface area contributed by atoms with Gasteiger partial charge in [0.15, 0.2) is 0 Å². The number of amides is 1. The topological polar surface area (TPSA) is 61.8 Å². The largest absolute Gasteiger partial charge is 0.497 e. The number of hydrogen-bond donors (Lipinski definition) is 2. The molecular formula is C17H26N2O3. The minimum atomic E-state index is 0.0423. The summed E-state index contributed by atoms with van der Waals surface area (Å²) in [5.41, 5.74) is 1.06. The summed E-state index contributed by atoms with van der Waals surface area (Å²) in [6, 6.07) is 8.03. The van der Waals surface area contributed by atoms with Gasteiger partial charge in [0.25, 0.3) is 0 Å². The van der Waals surface area contributed by atoms with Gasteiger partial charge in [-0.2, -0.15) is 0 Å². The highest BCUT2D eigenvalue weighted by atomic mass is 16.5. The van der Waals surface area contributed by atoms with Crippen molar-refractivity contribution in [2.45, 2.75) is 38.3 Å². The number of aliphatic hydroxyl groups excluding tert-OH is 1. The van der Waals surface area contributed by atoms with E-state index in [2.05, 4.69) is 10.2 Å². The van der Waals surface area contributed by atoms with Crippen molar-refractivity contribution >= 4 is 5.91 Å². The van der Waals surface area contributed by atoms with E-state index in [-0.39, 0.29) is 12.5 Å². The van der Waals surface area contributed by atoms with Crippen molar-refractivity contribution in [3.63, 3.8) is 0 Å². The average Bonchev–Trinajstić information content (AvgIpc) is 2.55. The second-order valence-electron chi connectivity index (χ2n) is 5.76. The third kappa shape index (κ3) is 5.00. The van der Waals surface area contributed by atoms with Crippen LogP contribution >= 0.6 is 0 Å². The number of carbonyl (C=O) groups is 1. The van der Waals surface area contributed by atoms with Crippen LogP contribution in [0.2, 0.25) is 0 Å². The molecule has 122 valence electrons. The molecule has 1 saturated heterocycles. The number of carbonyl (C=O) groups excluding carboxylic acids is 1. The summed E-state index contributed by atoms with van der Waals surface area (Å²) in [4.78, 5) is 14.3. The molecule has 5 nitrogen and oxygen atoms in total. The third-order valence-electron chi connectivity index (χ3n) is 4.21. The Morgan fingerprint density at radius 2 is 2.14 bits per heavy atom. The van der Waals surface area contributed by atoms with Gasteiger partial charge >= 0.3 is 0 Å². The van der Waals surface area contributed by atoms with Crippen LogP contribution in [0.4, 0.5) is 0 Å². The monoisotopic (exact) mass is 306 g/mol. The molecule has 1 unspecified atom stereocenters. The van der Waals surface area contributed by atoms with Gasteiger partial charge < -0.3 is 15.2 Å². The van der Waals surface area contributed by atoms with E-state index in [1.165, 1.54) is 6.42 Å². The van der Waals surface area contributed by atoms with Gasteiger partial charge in [-0.25, -0.2) is 0 Å². The second kappa shape index (κ2) is 8.76. The molecule has 0 bridgehead atoms. The van der Waals surface area contributed by atoms with Gasteiger partial charge in [-0.1, -0.05) is 18.6 Å². The summed E-state index contributed by atoms with van der Waals surface area (Å²) in [7, 11) is 1.64. The lowest BCUT2D eigenvalue weighted by Crippen LogP contribution is -2.45. The van der Waals surface area contributed by atoms with Crippen molar-refractivity contribution in [1.82, 2.24) is 10.2 Å². The van der Waals surface area contributed by atoms with E-state index in [9.17, 15) is 4.79 Å². The molecule has 2 N–H and O–H groups in total. The Kier molecular flexibility index (Phi) is 6.68. The summed E-state index contributed by atoms with van der Waals surface area (Å²) in [6.45, 7) is 2.08. The number of hydrogen-bond acceptors (Lipinski definition) is 4. The molecule has 1 atom stereocenters. The van der Waals surface area contributed by atoms with Crippen LogP contribution < -0.4 is 10.1 Å². The van der Waals surface area contributed by atoms with E-state index in [1.807, 2.05) is 24.3 Å². The first-order chi connectivity index (χ1) is 10.7. The van der Waals surface area contributed by atoms with Crippen LogP contribution in [0.15, 0.2) is 24.3 Å². The van der Waals surface area contributed by atoms with E-state index in [0.29, 0.717) is 19.1 Å². The number of likely N-dealkylation sites (tertiary alicyclic amines) is 1. The molecule has 22 heavy (non-hydrogen) atoms. The maximum Gasteiger partial charge on any atom is 0.234 e. The minimum Gasteiger partial charge on any atom is -0.497 e. The van der Waals surface area contributed by atoms with E-state index in [0.717, 1.165) is 37.1 Å². The average molecular weight is 306 g/mol. The Bertz CT molecular complexity index is 459. The number of benzene rings is 1. The fourth-order valence-electron chi connectivity index (χ4n) is 2.93. The molecule has 1 heterocycles. The third-order valence-corrected chi connectivity index (χ3v) is 4.21. The predicted octanol–water partition coefficient (Wildman–Crippen LogP) is 1.55. The SMILES string of the molecule is COc1ccc(CNC(=O)CN2CCCCC2CCO)cc1. The van der Waals surface area contributed by atoms with Crippen LogP contribution in [0.5, 0.6) is 5.75 Å². The Hall–Kier alpha value is -1.59. The summed E-state index contributed by atoms with van der Waals surface area (Å²) in [5, 5.41) is 12.1. The molecule has 5 heteroatoms. The van der Waals surface area contributed by atoms with Crippen LogP contribution in [0.25, 0.3) is 0 Å². The summed E-state index contributed by atoms with van der Waals surface area (Å²) >= 11 is 0. The number of nitrogens with zero attached hydrogens (tertiary/aromatic N) is 1. The normalized spacial score (nSPS) is 18.9. The first kappa shape index (κ1) is 16.8. The van der Waals surface area contributed by atoms with Gasteiger partial charge in [-0.15, -0.1) is 0 Å². The Morgan fingerprint density at radius 3 is 2.82 bits per heavy atom. The van der Waals surface area contributed by atoms with Crippen molar-refractivity contribution in [1.29, 1.82) is 0 Å². The zero-order valence-electron chi connectivity index (χ0n) is 13.3. The number of nitrogens with one attached hydrogen (secondary N) is 1.